The molecule has 1 spiro atoms. The number of hydrogen-bond donors (Lipinski definition) is 0. The molecular weight excluding hydrogens is 771 g/mol. The first-order valence-electron chi connectivity index (χ1n) is 21.1. The second kappa shape index (κ2) is 13.6. The molecule has 0 fully saturated rings. The van der Waals surface area contributed by atoms with Crippen LogP contribution in [0.1, 0.15) is 22.3 Å². The normalized spacial score (nSPS) is 13.0. The van der Waals surface area contributed by atoms with E-state index in [1.54, 1.807) is 0 Å². The summed E-state index contributed by atoms with van der Waals surface area (Å²) in [7, 11) is 0. The van der Waals surface area contributed by atoms with E-state index in [2.05, 4.69) is 194 Å². The van der Waals surface area contributed by atoms with Gasteiger partial charge in [0, 0.05) is 36.9 Å². The highest BCUT2D eigenvalue weighted by atomic mass is 32.1. The number of hydrogen-bond acceptors (Lipinski definition) is 4. The average Bonchev–Trinajstić information content (AvgIpc) is 3.98. The van der Waals surface area contributed by atoms with E-state index in [0.717, 1.165) is 33.4 Å². The molecule has 0 saturated heterocycles. The van der Waals surface area contributed by atoms with E-state index in [9.17, 15) is 0 Å². The lowest BCUT2D eigenvalue weighted by Crippen LogP contribution is -2.26. The molecule has 2 aromatic heterocycles. The molecule has 4 heteroatoms. The van der Waals surface area contributed by atoms with E-state index in [1.807, 2.05) is 29.5 Å². The zero-order chi connectivity index (χ0) is 40.8. The fraction of sp³-hybridized carbons (Fsp3) is 0.0172. The summed E-state index contributed by atoms with van der Waals surface area (Å²) in [5.41, 5.74) is 17.4. The molecule has 0 unspecified atom stereocenters. The van der Waals surface area contributed by atoms with Crippen LogP contribution in [0.25, 0.3) is 98.8 Å². The van der Waals surface area contributed by atoms with Crippen LogP contribution in [0.5, 0.6) is 0 Å². The van der Waals surface area contributed by atoms with Crippen LogP contribution in [0, 0.1) is 0 Å². The maximum atomic E-state index is 5.27. The first-order valence-corrected chi connectivity index (χ1v) is 21.9. The van der Waals surface area contributed by atoms with E-state index in [1.165, 1.54) is 70.2 Å². The Morgan fingerprint density at radius 3 is 1.44 bits per heavy atom. The molecule has 0 saturated carbocycles. The van der Waals surface area contributed by atoms with Gasteiger partial charge in [-0.05, 0) is 97.1 Å². The molecule has 3 nitrogen and oxygen atoms in total. The van der Waals surface area contributed by atoms with E-state index in [0.29, 0.717) is 17.5 Å². The lowest BCUT2D eigenvalue weighted by atomic mass is 9.68. The number of nitrogens with zero attached hydrogens (tertiary/aromatic N) is 3. The number of aromatic nitrogens is 3. The Hall–Kier alpha value is -7.79. The van der Waals surface area contributed by atoms with Gasteiger partial charge >= 0.3 is 0 Å². The number of rotatable bonds is 5. The van der Waals surface area contributed by atoms with Crippen molar-refractivity contribution in [1.82, 2.24) is 15.0 Å². The minimum atomic E-state index is -0.460. The Balaban J connectivity index is 0.974. The second-order valence-corrected chi connectivity index (χ2v) is 17.3. The van der Waals surface area contributed by atoms with Crippen LogP contribution in [-0.4, -0.2) is 15.0 Å². The second-order valence-electron chi connectivity index (χ2n) is 16.3. The van der Waals surface area contributed by atoms with Gasteiger partial charge < -0.3 is 0 Å². The molecule has 13 rings (SSSR count). The van der Waals surface area contributed by atoms with Crippen molar-refractivity contribution in [3.05, 3.63) is 235 Å². The van der Waals surface area contributed by atoms with Crippen molar-refractivity contribution in [2.45, 2.75) is 5.41 Å². The molecule has 2 heterocycles. The Bertz CT molecular complexity index is 3540. The highest BCUT2D eigenvalue weighted by molar-refractivity contribution is 7.25. The van der Waals surface area contributed by atoms with Gasteiger partial charge in [-0.3, -0.25) is 0 Å². The first-order chi connectivity index (χ1) is 30.7. The van der Waals surface area contributed by atoms with Crippen molar-refractivity contribution in [3.63, 3.8) is 0 Å². The van der Waals surface area contributed by atoms with Gasteiger partial charge in [-0.2, -0.15) is 0 Å². The van der Waals surface area contributed by atoms with Gasteiger partial charge in [0.2, 0.25) is 0 Å². The predicted octanol–water partition coefficient (Wildman–Crippen LogP) is 14.9. The molecule has 0 atom stereocenters. The summed E-state index contributed by atoms with van der Waals surface area (Å²) in [5.74, 6) is 1.91. The van der Waals surface area contributed by atoms with Crippen LogP contribution in [0.2, 0.25) is 0 Å². The molecule has 0 N–H and O–H groups in total. The molecular formula is C58H35N3S. The van der Waals surface area contributed by atoms with Gasteiger partial charge in [0.15, 0.2) is 17.5 Å². The number of benzene rings is 9. The van der Waals surface area contributed by atoms with Crippen molar-refractivity contribution in [3.8, 4) is 78.7 Å². The van der Waals surface area contributed by atoms with Crippen LogP contribution < -0.4 is 0 Å². The van der Waals surface area contributed by atoms with Gasteiger partial charge in [-0.1, -0.05) is 182 Å². The Kier molecular flexibility index (Phi) is 7.69. The molecule has 2 aliphatic rings. The molecule has 62 heavy (non-hydrogen) atoms. The van der Waals surface area contributed by atoms with Gasteiger partial charge in [-0.25, -0.2) is 15.0 Å². The van der Waals surface area contributed by atoms with E-state index >= 15 is 0 Å². The van der Waals surface area contributed by atoms with Crippen LogP contribution in [0.3, 0.4) is 0 Å². The van der Waals surface area contributed by atoms with Crippen molar-refractivity contribution >= 4 is 31.5 Å². The molecule has 0 amide bonds. The average molecular weight is 806 g/mol. The van der Waals surface area contributed by atoms with Crippen LogP contribution in [-0.2, 0) is 5.41 Å². The highest BCUT2D eigenvalue weighted by Gasteiger charge is 2.52. The van der Waals surface area contributed by atoms with Crippen LogP contribution in [0.15, 0.2) is 212 Å². The third kappa shape index (κ3) is 5.14. The van der Waals surface area contributed by atoms with Gasteiger partial charge in [0.1, 0.15) is 0 Å². The topological polar surface area (TPSA) is 38.7 Å². The monoisotopic (exact) mass is 805 g/mol. The Morgan fingerprint density at radius 1 is 0.290 bits per heavy atom. The summed E-state index contributed by atoms with van der Waals surface area (Å²) in [5, 5.41) is 2.57. The maximum Gasteiger partial charge on any atom is 0.164 e. The standard InChI is InChI=1S/C58H35N3S/c1-2-15-36(16-3-1)55-59-56(40-19-12-17-37(33-40)38-31-32-53-48(35-38)46-24-7-11-30-52(46)62-53)61-57(60-55)41-20-13-18-39(34-41)42-25-14-26-47-45-23-6-10-29-51(45)58(54(42)47)49-27-8-4-21-43(49)44-22-5-9-28-50(44)58/h1-35H. The summed E-state index contributed by atoms with van der Waals surface area (Å²) in [6, 6.07) is 76.8. The minimum Gasteiger partial charge on any atom is -0.208 e. The lowest BCUT2D eigenvalue weighted by Gasteiger charge is -2.32. The molecule has 0 aliphatic heterocycles. The minimum absolute atomic E-state index is 0.460. The summed E-state index contributed by atoms with van der Waals surface area (Å²) in [6.07, 6.45) is 0. The molecule has 288 valence electrons. The van der Waals surface area contributed by atoms with E-state index in [4.69, 9.17) is 15.0 Å². The van der Waals surface area contributed by atoms with E-state index < -0.39 is 5.41 Å². The van der Waals surface area contributed by atoms with E-state index in [-0.39, 0.29) is 0 Å². The van der Waals surface area contributed by atoms with Gasteiger partial charge in [0.25, 0.3) is 0 Å². The number of thiophene rings is 1. The Labute approximate surface area is 363 Å². The zero-order valence-corrected chi connectivity index (χ0v) is 34.3. The SMILES string of the molecule is c1ccc(-c2nc(-c3cccc(-c4ccc5sc6ccccc6c5c4)c3)nc(-c3cccc(-c4cccc5c4C4(c6ccccc6-c6ccccc64)c4ccccc4-5)c3)n2)cc1. The molecule has 11 aromatic rings. The van der Waals surface area contributed by atoms with Crippen molar-refractivity contribution in [1.29, 1.82) is 0 Å². The highest BCUT2D eigenvalue weighted by Crippen LogP contribution is 2.64. The molecule has 0 bridgehead atoms. The summed E-state index contributed by atoms with van der Waals surface area (Å²) in [4.78, 5) is 15.6. The number of fused-ring (bicyclic) bond motifs is 13. The van der Waals surface area contributed by atoms with Crippen molar-refractivity contribution in [2.24, 2.45) is 0 Å². The maximum absolute atomic E-state index is 5.27. The summed E-state index contributed by atoms with van der Waals surface area (Å²) >= 11 is 1.84. The molecule has 9 aromatic carbocycles. The smallest absolute Gasteiger partial charge is 0.164 e. The summed E-state index contributed by atoms with van der Waals surface area (Å²) in [6.45, 7) is 0. The van der Waals surface area contributed by atoms with Gasteiger partial charge in [-0.15, -0.1) is 11.3 Å². The third-order valence-electron chi connectivity index (χ3n) is 12.9. The fourth-order valence-corrected chi connectivity index (χ4v) is 11.4. The predicted molar refractivity (Wildman–Crippen MR) is 256 cm³/mol. The first kappa shape index (κ1) is 35.0. The zero-order valence-electron chi connectivity index (χ0n) is 33.5. The van der Waals surface area contributed by atoms with Crippen molar-refractivity contribution in [2.75, 3.05) is 0 Å². The Morgan fingerprint density at radius 2 is 0.742 bits per heavy atom. The largest absolute Gasteiger partial charge is 0.208 e. The van der Waals surface area contributed by atoms with Gasteiger partial charge in [0.05, 0.1) is 5.41 Å². The molecule has 0 radical (unpaired) electrons. The lowest BCUT2D eigenvalue weighted by molar-refractivity contribution is 0.796. The van der Waals surface area contributed by atoms with Crippen LogP contribution in [0.4, 0.5) is 0 Å². The van der Waals surface area contributed by atoms with Crippen LogP contribution >= 0.6 is 11.3 Å². The van der Waals surface area contributed by atoms with Crippen molar-refractivity contribution < 1.29 is 0 Å². The summed E-state index contributed by atoms with van der Waals surface area (Å²) < 4.78 is 2.60. The third-order valence-corrected chi connectivity index (χ3v) is 14.1. The fourth-order valence-electron chi connectivity index (χ4n) is 10.3. The molecule has 2 aliphatic carbocycles. The quantitative estimate of drug-likeness (QED) is 0.174.